The Morgan fingerprint density at radius 3 is 0.848 bits per heavy atom. The maximum absolute atomic E-state index is 2.65. The molecule has 0 amide bonds. The van der Waals surface area contributed by atoms with Gasteiger partial charge in [-0.2, -0.15) is 0 Å². The number of rotatable bonds is 12. The SMILES string of the molecule is c1ccc2c(c1)Cc1c(CCc3cc(CCc4cccc5c4Cc4ccccc4-5)c(CCc4cccc5c4Cc4ccccc4-5)c(CCc4cccc5c4Cc4ccccc4-5)c3)cccc1-2. The summed E-state index contributed by atoms with van der Waals surface area (Å²) in [5.74, 6) is 0. The van der Waals surface area contributed by atoms with E-state index < -0.39 is 0 Å². The van der Waals surface area contributed by atoms with Crippen LogP contribution in [-0.2, 0) is 77.0 Å². The Balaban J connectivity index is 0.881. The lowest BCUT2D eigenvalue weighted by Gasteiger charge is -2.20. The van der Waals surface area contributed by atoms with Gasteiger partial charge in [0.1, 0.15) is 0 Å². The van der Waals surface area contributed by atoms with Crippen molar-refractivity contribution in [2.75, 3.05) is 0 Å². The molecule has 0 radical (unpaired) electrons. The molecule has 13 rings (SSSR count). The van der Waals surface area contributed by atoms with Crippen LogP contribution in [0.5, 0.6) is 0 Å². The van der Waals surface area contributed by atoms with Gasteiger partial charge in [-0.15, -0.1) is 0 Å². The van der Waals surface area contributed by atoms with Crippen LogP contribution in [-0.4, -0.2) is 0 Å². The van der Waals surface area contributed by atoms with Crippen molar-refractivity contribution in [2.45, 2.75) is 77.0 Å². The minimum Gasteiger partial charge on any atom is -0.0619 e. The summed E-state index contributed by atoms with van der Waals surface area (Å²) >= 11 is 0. The zero-order chi connectivity index (χ0) is 43.6. The molecule has 0 spiro atoms. The van der Waals surface area contributed by atoms with Crippen LogP contribution in [0.25, 0.3) is 44.5 Å². The van der Waals surface area contributed by atoms with Crippen LogP contribution in [0.1, 0.15) is 89.0 Å². The van der Waals surface area contributed by atoms with Crippen LogP contribution in [0, 0.1) is 0 Å². The topological polar surface area (TPSA) is 0 Å². The van der Waals surface area contributed by atoms with Crippen LogP contribution in [0.2, 0.25) is 0 Å². The van der Waals surface area contributed by atoms with Gasteiger partial charge in [0.15, 0.2) is 0 Å². The Bertz CT molecular complexity index is 3250. The van der Waals surface area contributed by atoms with Crippen LogP contribution in [0.3, 0.4) is 0 Å². The molecule has 4 aliphatic rings. The fourth-order valence-electron chi connectivity index (χ4n) is 12.7. The molecule has 0 bridgehead atoms. The van der Waals surface area contributed by atoms with Gasteiger partial charge in [-0.1, -0.05) is 182 Å². The molecule has 0 aliphatic heterocycles. The van der Waals surface area contributed by atoms with Gasteiger partial charge in [-0.25, -0.2) is 0 Å². The molecular weight excluding hydrogens is 793 g/mol. The average molecular weight is 847 g/mol. The van der Waals surface area contributed by atoms with Crippen LogP contribution >= 0.6 is 0 Å². The van der Waals surface area contributed by atoms with Crippen molar-refractivity contribution in [3.8, 4) is 44.5 Å². The number of hydrogen-bond acceptors (Lipinski definition) is 0. The molecule has 66 heavy (non-hydrogen) atoms. The summed E-state index contributed by atoms with van der Waals surface area (Å²) in [6, 6.07) is 69.7. The largest absolute Gasteiger partial charge is 0.0619 e. The summed E-state index contributed by atoms with van der Waals surface area (Å²) in [5.41, 5.74) is 35.7. The molecular formula is C66H54. The summed E-state index contributed by atoms with van der Waals surface area (Å²) in [5, 5.41) is 0. The van der Waals surface area contributed by atoms with Crippen LogP contribution < -0.4 is 0 Å². The van der Waals surface area contributed by atoms with E-state index in [9.17, 15) is 0 Å². The third-order valence-corrected chi connectivity index (χ3v) is 15.9. The van der Waals surface area contributed by atoms with E-state index in [-0.39, 0.29) is 0 Å². The third kappa shape index (κ3) is 6.89. The van der Waals surface area contributed by atoms with Gasteiger partial charge in [-0.3, -0.25) is 0 Å². The first-order chi connectivity index (χ1) is 32.7. The van der Waals surface area contributed by atoms with E-state index in [0.29, 0.717) is 0 Å². The molecule has 0 saturated carbocycles. The lowest BCUT2D eigenvalue weighted by molar-refractivity contribution is 0.835. The Hall–Kier alpha value is -7.02. The second-order valence-electron chi connectivity index (χ2n) is 19.5. The van der Waals surface area contributed by atoms with Crippen molar-refractivity contribution < 1.29 is 0 Å². The summed E-state index contributed by atoms with van der Waals surface area (Å²) < 4.78 is 0. The monoisotopic (exact) mass is 846 g/mol. The lowest BCUT2D eigenvalue weighted by Crippen LogP contribution is -2.09. The van der Waals surface area contributed by atoms with E-state index in [1.165, 1.54) is 117 Å². The minimum atomic E-state index is 1.04. The number of benzene rings is 9. The van der Waals surface area contributed by atoms with E-state index in [2.05, 4.69) is 182 Å². The molecule has 9 aromatic rings. The maximum atomic E-state index is 2.65. The van der Waals surface area contributed by atoms with Crippen molar-refractivity contribution in [1.29, 1.82) is 0 Å². The molecule has 318 valence electrons. The third-order valence-electron chi connectivity index (χ3n) is 15.9. The summed E-state index contributed by atoms with van der Waals surface area (Å²) in [4.78, 5) is 0. The highest BCUT2D eigenvalue weighted by Gasteiger charge is 2.25. The average Bonchev–Trinajstić information content (AvgIpc) is 4.15. The Morgan fingerprint density at radius 1 is 0.227 bits per heavy atom. The first kappa shape index (κ1) is 39.4. The fraction of sp³-hybridized carbons (Fsp3) is 0.182. The molecule has 0 nitrogen and oxygen atoms in total. The van der Waals surface area contributed by atoms with Gasteiger partial charge >= 0.3 is 0 Å². The van der Waals surface area contributed by atoms with E-state index in [1.807, 2.05) is 0 Å². The molecule has 0 heterocycles. The second-order valence-corrected chi connectivity index (χ2v) is 19.5. The highest BCUT2D eigenvalue weighted by Crippen LogP contribution is 2.43. The van der Waals surface area contributed by atoms with E-state index in [4.69, 9.17) is 0 Å². The standard InChI is InChI=1S/C66H54/c1-5-21-55-48(13-1)39-63-44(17-9-25-59(55)63)30-29-43-37-52(33-31-45-18-10-26-60-56-22-6-2-14-49(56)40-64(45)60)54(36-35-47-20-12-28-62-58-24-8-4-16-51(58)42-66(47)62)53(38-43)34-32-46-19-11-27-61-57-23-7-3-15-50(57)41-65(46)61/h1-28,37-38H,29-36,39-42H2. The summed E-state index contributed by atoms with van der Waals surface area (Å²) in [7, 11) is 0. The Kier molecular flexibility index (Phi) is 9.81. The van der Waals surface area contributed by atoms with Crippen molar-refractivity contribution >= 4 is 0 Å². The van der Waals surface area contributed by atoms with Gasteiger partial charge < -0.3 is 0 Å². The lowest BCUT2D eigenvalue weighted by atomic mass is 9.85. The van der Waals surface area contributed by atoms with Crippen molar-refractivity contribution in [3.05, 3.63) is 271 Å². The van der Waals surface area contributed by atoms with Crippen LogP contribution in [0.4, 0.5) is 0 Å². The summed E-state index contributed by atoms with van der Waals surface area (Å²) in [6.07, 6.45) is 12.6. The van der Waals surface area contributed by atoms with E-state index in [1.54, 1.807) is 16.7 Å². The Labute approximate surface area is 390 Å². The highest BCUT2D eigenvalue weighted by atomic mass is 14.3. The first-order valence-corrected chi connectivity index (χ1v) is 24.6. The molecule has 0 saturated heterocycles. The molecule has 0 unspecified atom stereocenters. The predicted molar refractivity (Wildman–Crippen MR) is 275 cm³/mol. The second kappa shape index (κ2) is 16.4. The number of aryl methyl sites for hydroxylation is 7. The molecule has 4 aliphatic carbocycles. The minimum absolute atomic E-state index is 1.04. The van der Waals surface area contributed by atoms with Crippen molar-refractivity contribution in [2.24, 2.45) is 0 Å². The molecule has 0 heteroatoms. The molecule has 0 N–H and O–H groups in total. The zero-order valence-electron chi connectivity index (χ0n) is 37.8. The smallest absolute Gasteiger partial charge is 0.00107 e. The maximum Gasteiger partial charge on any atom is -0.00107 e. The molecule has 0 atom stereocenters. The van der Waals surface area contributed by atoms with E-state index in [0.717, 1.165) is 77.0 Å². The van der Waals surface area contributed by atoms with Gasteiger partial charge in [0.2, 0.25) is 0 Å². The fourth-order valence-corrected chi connectivity index (χ4v) is 12.7. The molecule has 9 aromatic carbocycles. The summed E-state index contributed by atoms with van der Waals surface area (Å²) in [6.45, 7) is 0. The highest BCUT2D eigenvalue weighted by molar-refractivity contribution is 5.81. The number of fused-ring (bicyclic) bond motifs is 12. The predicted octanol–water partition coefficient (Wildman–Crippen LogP) is 15.1. The van der Waals surface area contributed by atoms with Crippen LogP contribution in [0.15, 0.2) is 182 Å². The normalized spacial score (nSPS) is 13.1. The Morgan fingerprint density at radius 2 is 0.500 bits per heavy atom. The first-order valence-electron chi connectivity index (χ1n) is 24.6. The van der Waals surface area contributed by atoms with Gasteiger partial charge in [0.05, 0.1) is 0 Å². The van der Waals surface area contributed by atoms with Crippen molar-refractivity contribution in [3.63, 3.8) is 0 Å². The van der Waals surface area contributed by atoms with Gasteiger partial charge in [0.25, 0.3) is 0 Å². The zero-order valence-corrected chi connectivity index (χ0v) is 37.8. The van der Waals surface area contributed by atoms with Crippen molar-refractivity contribution in [1.82, 2.24) is 0 Å². The van der Waals surface area contributed by atoms with Gasteiger partial charge in [0, 0.05) is 0 Å². The molecule has 0 fully saturated rings. The number of hydrogen-bond donors (Lipinski definition) is 0. The van der Waals surface area contributed by atoms with Gasteiger partial charge in [-0.05, 0) is 211 Å². The van der Waals surface area contributed by atoms with E-state index >= 15 is 0 Å². The quantitative estimate of drug-likeness (QED) is 0.115. The molecule has 0 aromatic heterocycles.